The molecule has 1 rings (SSSR count). The summed E-state index contributed by atoms with van der Waals surface area (Å²) < 4.78 is 30.6. The average molecular weight is 231 g/mol. The quantitative estimate of drug-likeness (QED) is 0.450. The molecule has 0 aliphatic heterocycles. The molecule has 0 aliphatic rings. The lowest BCUT2D eigenvalue weighted by atomic mass is 10.1. The van der Waals surface area contributed by atoms with Gasteiger partial charge in [-0.05, 0) is 6.07 Å². The number of benzene rings is 1. The van der Waals surface area contributed by atoms with E-state index in [4.69, 9.17) is 0 Å². The fraction of sp³-hybridized carbons (Fsp3) is 0.222. The van der Waals surface area contributed by atoms with Crippen LogP contribution in [-0.4, -0.2) is 18.0 Å². The zero-order chi connectivity index (χ0) is 12.3. The molecule has 0 radical (unpaired) electrons. The molecule has 0 amide bonds. The topological polar surface area (TPSA) is 69.4 Å². The van der Waals surface area contributed by atoms with Crippen molar-refractivity contribution < 1.29 is 23.2 Å². The zero-order valence-corrected chi connectivity index (χ0v) is 8.20. The van der Waals surface area contributed by atoms with Gasteiger partial charge in [-0.2, -0.15) is 8.78 Å². The number of methoxy groups -OCH3 is 1. The van der Waals surface area contributed by atoms with Gasteiger partial charge >= 0.3 is 11.7 Å². The van der Waals surface area contributed by atoms with Crippen LogP contribution in [0.4, 0.5) is 14.5 Å². The summed E-state index contributed by atoms with van der Waals surface area (Å²) in [6.07, 6.45) is -0.483. The second-order valence-corrected chi connectivity index (χ2v) is 2.88. The van der Waals surface area contributed by atoms with Crippen molar-refractivity contribution in [1.82, 2.24) is 0 Å². The number of hydrogen-bond donors (Lipinski definition) is 0. The monoisotopic (exact) mass is 231 g/mol. The van der Waals surface area contributed by atoms with Crippen molar-refractivity contribution >= 4 is 11.7 Å². The van der Waals surface area contributed by atoms with Crippen molar-refractivity contribution in [2.24, 2.45) is 0 Å². The molecule has 0 bridgehead atoms. The van der Waals surface area contributed by atoms with Crippen molar-refractivity contribution in [2.75, 3.05) is 7.11 Å². The Kier molecular flexibility index (Phi) is 3.49. The van der Waals surface area contributed by atoms with Crippen LogP contribution >= 0.6 is 0 Å². The predicted octanol–water partition coefficient (Wildman–Crippen LogP) is 1.59. The number of ether oxygens (including phenoxy) is 1. The van der Waals surface area contributed by atoms with Crippen LogP contribution in [0.2, 0.25) is 0 Å². The second-order valence-electron chi connectivity index (χ2n) is 2.88. The largest absolute Gasteiger partial charge is 0.469 e. The molecule has 1 aromatic carbocycles. The first-order chi connectivity index (χ1) is 7.47. The van der Waals surface area contributed by atoms with Crippen LogP contribution in [0.1, 0.15) is 5.56 Å². The molecule has 0 spiro atoms. The summed E-state index contributed by atoms with van der Waals surface area (Å²) in [5.41, 5.74) is -1.54. The van der Waals surface area contributed by atoms with Gasteiger partial charge in [-0.1, -0.05) is 6.07 Å². The molecular weight excluding hydrogens is 224 g/mol. The Hall–Kier alpha value is -2.05. The molecule has 0 saturated carbocycles. The number of hydrogen-bond acceptors (Lipinski definition) is 4. The minimum atomic E-state index is -1.35. The summed E-state index contributed by atoms with van der Waals surface area (Å²) in [6, 6.07) is 1.70. The maximum Gasteiger partial charge on any atom is 0.340 e. The Labute approximate surface area is 88.8 Å². The van der Waals surface area contributed by atoms with E-state index >= 15 is 0 Å². The highest BCUT2D eigenvalue weighted by atomic mass is 19.1. The summed E-state index contributed by atoms with van der Waals surface area (Å²) >= 11 is 0. The fourth-order valence-electron chi connectivity index (χ4n) is 1.11. The number of nitro groups is 1. The molecule has 7 heteroatoms. The Morgan fingerprint density at radius 3 is 2.62 bits per heavy atom. The van der Waals surface area contributed by atoms with Crippen LogP contribution < -0.4 is 0 Å². The lowest BCUT2D eigenvalue weighted by Gasteiger charge is -2.02. The van der Waals surface area contributed by atoms with Crippen LogP contribution in [0.25, 0.3) is 0 Å². The third kappa shape index (κ3) is 2.30. The van der Waals surface area contributed by atoms with Crippen LogP contribution in [0, 0.1) is 21.7 Å². The van der Waals surface area contributed by atoms with Crippen molar-refractivity contribution in [3.05, 3.63) is 39.4 Å². The minimum absolute atomic E-state index is 0.278. The van der Waals surface area contributed by atoms with Crippen LogP contribution in [0.15, 0.2) is 12.1 Å². The Morgan fingerprint density at radius 2 is 2.12 bits per heavy atom. The highest BCUT2D eigenvalue weighted by Gasteiger charge is 2.24. The fourth-order valence-corrected chi connectivity index (χ4v) is 1.11. The van der Waals surface area contributed by atoms with Gasteiger partial charge in [0.1, 0.15) is 0 Å². The summed E-state index contributed by atoms with van der Waals surface area (Å²) in [5, 5.41) is 10.4. The van der Waals surface area contributed by atoms with Crippen molar-refractivity contribution in [3.63, 3.8) is 0 Å². The number of carbonyl (C=O) groups is 1. The lowest BCUT2D eigenvalue weighted by molar-refractivity contribution is -0.390. The van der Waals surface area contributed by atoms with E-state index in [-0.39, 0.29) is 5.56 Å². The van der Waals surface area contributed by atoms with Gasteiger partial charge in [0.25, 0.3) is 0 Å². The van der Waals surface area contributed by atoms with Crippen molar-refractivity contribution in [2.45, 2.75) is 6.42 Å². The van der Waals surface area contributed by atoms with E-state index in [1.165, 1.54) is 0 Å². The van der Waals surface area contributed by atoms with Crippen LogP contribution in [-0.2, 0) is 16.0 Å². The first kappa shape index (κ1) is 12.0. The SMILES string of the molecule is COC(=O)Cc1ccc(F)c([N+](=O)[O-])c1F. The molecule has 16 heavy (non-hydrogen) atoms. The number of nitrogens with zero attached hydrogens (tertiary/aromatic N) is 1. The molecular formula is C9H7F2NO4. The van der Waals surface area contributed by atoms with Crippen molar-refractivity contribution in [1.29, 1.82) is 0 Å². The summed E-state index contributed by atoms with van der Waals surface area (Å²) in [4.78, 5) is 20.0. The van der Waals surface area contributed by atoms with E-state index in [2.05, 4.69) is 4.74 Å². The molecule has 0 heterocycles. The van der Waals surface area contributed by atoms with Crippen LogP contribution in [0.3, 0.4) is 0 Å². The number of carbonyl (C=O) groups excluding carboxylic acids is 1. The number of nitro benzene ring substituents is 1. The van der Waals surface area contributed by atoms with E-state index in [0.717, 1.165) is 19.2 Å². The number of esters is 1. The zero-order valence-electron chi connectivity index (χ0n) is 8.20. The molecule has 0 saturated heterocycles. The molecule has 0 aliphatic carbocycles. The first-order valence-corrected chi connectivity index (χ1v) is 4.15. The Bertz CT molecular complexity index is 447. The van der Waals surface area contributed by atoms with E-state index in [1.807, 2.05) is 0 Å². The highest BCUT2D eigenvalue weighted by Crippen LogP contribution is 2.24. The molecule has 5 nitrogen and oxygen atoms in total. The second kappa shape index (κ2) is 4.65. The summed E-state index contributed by atoms with van der Waals surface area (Å²) in [5.74, 6) is -3.40. The Morgan fingerprint density at radius 1 is 1.50 bits per heavy atom. The van der Waals surface area contributed by atoms with E-state index in [1.54, 1.807) is 0 Å². The molecule has 0 fully saturated rings. The molecule has 86 valence electrons. The third-order valence-electron chi connectivity index (χ3n) is 1.89. The predicted molar refractivity (Wildman–Crippen MR) is 48.7 cm³/mol. The molecule has 1 aromatic rings. The van der Waals surface area contributed by atoms with Gasteiger partial charge in [0.2, 0.25) is 11.6 Å². The minimum Gasteiger partial charge on any atom is -0.469 e. The summed E-state index contributed by atoms with van der Waals surface area (Å²) in [6.45, 7) is 0. The average Bonchev–Trinajstić information content (AvgIpc) is 2.21. The lowest BCUT2D eigenvalue weighted by Crippen LogP contribution is -2.08. The standard InChI is InChI=1S/C9H7F2NO4/c1-16-7(13)4-5-2-3-6(10)9(8(5)11)12(14)15/h2-3H,4H2,1H3. The van der Waals surface area contributed by atoms with Crippen LogP contribution in [0.5, 0.6) is 0 Å². The van der Waals surface area contributed by atoms with E-state index in [0.29, 0.717) is 0 Å². The molecule has 0 aromatic heterocycles. The smallest absolute Gasteiger partial charge is 0.340 e. The molecule has 0 unspecified atom stereocenters. The highest BCUT2D eigenvalue weighted by molar-refractivity contribution is 5.72. The number of rotatable bonds is 3. The number of halogens is 2. The summed E-state index contributed by atoms with van der Waals surface area (Å²) in [7, 11) is 1.10. The van der Waals surface area contributed by atoms with Gasteiger partial charge in [-0.15, -0.1) is 0 Å². The van der Waals surface area contributed by atoms with E-state index < -0.39 is 34.6 Å². The maximum atomic E-state index is 13.4. The van der Waals surface area contributed by atoms with Crippen molar-refractivity contribution in [3.8, 4) is 0 Å². The van der Waals surface area contributed by atoms with Gasteiger partial charge in [-0.3, -0.25) is 14.9 Å². The van der Waals surface area contributed by atoms with Gasteiger partial charge in [-0.25, -0.2) is 0 Å². The van der Waals surface area contributed by atoms with Gasteiger partial charge < -0.3 is 4.74 Å². The van der Waals surface area contributed by atoms with Gasteiger partial charge in [0.15, 0.2) is 0 Å². The van der Waals surface area contributed by atoms with E-state index in [9.17, 15) is 23.7 Å². The van der Waals surface area contributed by atoms with Gasteiger partial charge in [0, 0.05) is 5.56 Å². The first-order valence-electron chi connectivity index (χ1n) is 4.15. The normalized spacial score (nSPS) is 9.94. The Balaban J connectivity index is 3.18. The molecule has 0 atom stereocenters. The van der Waals surface area contributed by atoms with Gasteiger partial charge in [0.05, 0.1) is 18.5 Å². The molecule has 0 N–H and O–H groups in total. The third-order valence-corrected chi connectivity index (χ3v) is 1.89. The maximum absolute atomic E-state index is 13.4.